The van der Waals surface area contributed by atoms with E-state index < -0.39 is 108 Å². The predicted molar refractivity (Wildman–Crippen MR) is 214 cm³/mol. The quantitative estimate of drug-likeness (QED) is 0.0482. The van der Waals surface area contributed by atoms with E-state index in [4.69, 9.17) is 11.5 Å². The molecular formula is C39H59N9O11. The Morgan fingerprint density at radius 3 is 1.68 bits per heavy atom. The van der Waals surface area contributed by atoms with Gasteiger partial charge in [-0.3, -0.25) is 43.2 Å². The number of aliphatic carboxylic acids is 1. The fourth-order valence-electron chi connectivity index (χ4n) is 5.44. The van der Waals surface area contributed by atoms with E-state index in [9.17, 15) is 53.1 Å². The Balaban J connectivity index is 2.93. The average molecular weight is 830 g/mol. The summed E-state index contributed by atoms with van der Waals surface area (Å²) in [5.74, 6) is -9.46. The van der Waals surface area contributed by atoms with E-state index in [1.54, 1.807) is 71.9 Å². The monoisotopic (exact) mass is 829 g/mol. The Hall–Kier alpha value is -6.34. The van der Waals surface area contributed by atoms with Crippen molar-refractivity contribution in [1.29, 1.82) is 0 Å². The molecule has 0 heterocycles. The largest absolute Gasteiger partial charge is 0.480 e. The van der Waals surface area contributed by atoms with Gasteiger partial charge in [0.05, 0.1) is 6.54 Å². The minimum Gasteiger partial charge on any atom is -0.480 e. The summed E-state index contributed by atoms with van der Waals surface area (Å²) in [6.45, 7) is 11.0. The van der Waals surface area contributed by atoms with Crippen molar-refractivity contribution in [3.8, 4) is 0 Å². The zero-order valence-electron chi connectivity index (χ0n) is 34.5. The molecule has 0 aromatic heterocycles. The van der Waals surface area contributed by atoms with Gasteiger partial charge in [-0.05, 0) is 43.1 Å². The zero-order chi connectivity index (χ0) is 45.0. The lowest BCUT2D eigenvalue weighted by atomic mass is 9.98. The number of primary amides is 2. The van der Waals surface area contributed by atoms with Gasteiger partial charge in [-0.15, -0.1) is 0 Å². The van der Waals surface area contributed by atoms with Crippen LogP contribution in [0.4, 0.5) is 0 Å². The van der Waals surface area contributed by atoms with E-state index in [1.807, 2.05) is 0 Å². The molecule has 12 N–H and O–H groups in total. The number of nitrogens with one attached hydrogen (secondary N) is 7. The first-order valence-corrected chi connectivity index (χ1v) is 19.1. The molecule has 1 aromatic carbocycles. The molecule has 0 fully saturated rings. The summed E-state index contributed by atoms with van der Waals surface area (Å²) in [6.07, 6.45) is 1.01. The third kappa shape index (κ3) is 19.6. The Kier molecular flexibility index (Phi) is 21.6. The van der Waals surface area contributed by atoms with Crippen molar-refractivity contribution in [2.75, 3.05) is 6.54 Å². The van der Waals surface area contributed by atoms with Gasteiger partial charge in [-0.2, -0.15) is 0 Å². The van der Waals surface area contributed by atoms with Crippen LogP contribution in [0, 0.1) is 17.8 Å². The molecule has 326 valence electrons. The van der Waals surface area contributed by atoms with E-state index in [-0.39, 0.29) is 37.5 Å². The van der Waals surface area contributed by atoms with E-state index in [1.165, 1.54) is 6.92 Å². The fourth-order valence-corrected chi connectivity index (χ4v) is 5.44. The summed E-state index contributed by atoms with van der Waals surface area (Å²) in [5, 5.41) is 26.5. The summed E-state index contributed by atoms with van der Waals surface area (Å²) in [7, 11) is 0. The summed E-state index contributed by atoms with van der Waals surface area (Å²) in [4.78, 5) is 126. The SMILES string of the molecule is CC(C)CC(NC(=O)C(CCC(N)=O)NC(=O)C=CC(=O)NC(C)C(=O)NCC(=O)NC(Cc1ccccc1)C(=O)O)C(=O)NC(C(=O)NC(C(N)=O)C(C)C)C(C)C. The predicted octanol–water partition coefficient (Wildman–Crippen LogP) is -1.98. The molecule has 0 spiro atoms. The van der Waals surface area contributed by atoms with Crippen LogP contribution in [0.5, 0.6) is 0 Å². The Bertz CT molecular complexity index is 1700. The van der Waals surface area contributed by atoms with Gasteiger partial charge in [0.15, 0.2) is 0 Å². The van der Waals surface area contributed by atoms with Crippen LogP contribution in [0.3, 0.4) is 0 Å². The van der Waals surface area contributed by atoms with Crippen LogP contribution in [0.1, 0.15) is 73.3 Å². The Morgan fingerprint density at radius 1 is 0.627 bits per heavy atom. The van der Waals surface area contributed by atoms with Crippen molar-refractivity contribution in [3.05, 3.63) is 48.0 Å². The third-order valence-electron chi connectivity index (χ3n) is 8.65. The minimum absolute atomic E-state index is 0.00949. The fraction of sp³-hybridized carbons (Fsp3) is 0.538. The number of carboxylic acids is 1. The molecule has 20 heteroatoms. The van der Waals surface area contributed by atoms with Crippen molar-refractivity contribution in [2.45, 2.75) is 110 Å². The van der Waals surface area contributed by atoms with Crippen molar-refractivity contribution < 1.29 is 53.1 Å². The van der Waals surface area contributed by atoms with Crippen LogP contribution in [-0.2, 0) is 54.4 Å². The Labute approximate surface area is 343 Å². The highest BCUT2D eigenvalue weighted by Crippen LogP contribution is 2.11. The molecule has 0 aliphatic rings. The molecule has 1 rings (SSSR count). The van der Waals surface area contributed by atoms with Crippen LogP contribution < -0.4 is 48.7 Å². The number of rotatable bonds is 25. The maximum Gasteiger partial charge on any atom is 0.326 e. The van der Waals surface area contributed by atoms with Gasteiger partial charge < -0.3 is 53.8 Å². The van der Waals surface area contributed by atoms with Crippen molar-refractivity contribution in [2.24, 2.45) is 29.2 Å². The highest BCUT2D eigenvalue weighted by atomic mass is 16.4. The summed E-state index contributed by atoms with van der Waals surface area (Å²) in [5.41, 5.74) is 11.4. The minimum atomic E-state index is -1.42. The van der Waals surface area contributed by atoms with Gasteiger partial charge in [-0.25, -0.2) is 4.79 Å². The molecule has 9 amide bonds. The second kappa shape index (κ2) is 25.1. The molecule has 59 heavy (non-hydrogen) atoms. The van der Waals surface area contributed by atoms with E-state index in [0.29, 0.717) is 5.56 Å². The van der Waals surface area contributed by atoms with Crippen LogP contribution in [0.25, 0.3) is 0 Å². The molecule has 0 bridgehead atoms. The Morgan fingerprint density at radius 2 is 1.17 bits per heavy atom. The van der Waals surface area contributed by atoms with Gasteiger partial charge in [0.1, 0.15) is 36.3 Å². The maximum atomic E-state index is 13.5. The number of hydrogen-bond acceptors (Lipinski definition) is 10. The second-order valence-electron chi connectivity index (χ2n) is 15.0. The first kappa shape index (κ1) is 50.7. The summed E-state index contributed by atoms with van der Waals surface area (Å²) in [6, 6.07) is 1.39. The third-order valence-corrected chi connectivity index (χ3v) is 8.65. The lowest BCUT2D eigenvalue weighted by Crippen LogP contribution is -2.60. The highest BCUT2D eigenvalue weighted by molar-refractivity contribution is 6.01. The van der Waals surface area contributed by atoms with Gasteiger partial charge >= 0.3 is 5.97 Å². The topological polar surface area (TPSA) is 327 Å². The molecule has 0 aliphatic heterocycles. The highest BCUT2D eigenvalue weighted by Gasteiger charge is 2.33. The molecule has 6 unspecified atom stereocenters. The van der Waals surface area contributed by atoms with E-state index in [0.717, 1.165) is 12.2 Å². The molecule has 20 nitrogen and oxygen atoms in total. The van der Waals surface area contributed by atoms with Gasteiger partial charge in [0.2, 0.25) is 53.2 Å². The van der Waals surface area contributed by atoms with Crippen LogP contribution >= 0.6 is 0 Å². The molecule has 0 saturated carbocycles. The number of carboxylic acid groups (broad SMARTS) is 1. The van der Waals surface area contributed by atoms with Crippen molar-refractivity contribution in [3.63, 3.8) is 0 Å². The van der Waals surface area contributed by atoms with Crippen molar-refractivity contribution in [1.82, 2.24) is 37.2 Å². The first-order valence-electron chi connectivity index (χ1n) is 19.1. The lowest BCUT2D eigenvalue weighted by molar-refractivity contribution is -0.141. The number of nitrogens with two attached hydrogens (primary N) is 2. The van der Waals surface area contributed by atoms with Crippen LogP contribution in [-0.4, -0.2) is 107 Å². The number of carbonyl (C=O) groups is 10. The van der Waals surface area contributed by atoms with Crippen LogP contribution in [0.2, 0.25) is 0 Å². The number of carbonyl (C=O) groups excluding carboxylic acids is 9. The van der Waals surface area contributed by atoms with Gasteiger partial charge in [0.25, 0.3) is 0 Å². The smallest absolute Gasteiger partial charge is 0.326 e. The summed E-state index contributed by atoms with van der Waals surface area (Å²) < 4.78 is 0. The molecular weight excluding hydrogens is 770 g/mol. The van der Waals surface area contributed by atoms with Crippen LogP contribution in [0.15, 0.2) is 42.5 Å². The normalized spacial score (nSPS) is 14.2. The van der Waals surface area contributed by atoms with Gasteiger partial charge in [0, 0.05) is 25.0 Å². The maximum absolute atomic E-state index is 13.5. The first-order chi connectivity index (χ1) is 27.5. The molecule has 0 aliphatic carbocycles. The number of benzene rings is 1. The second-order valence-corrected chi connectivity index (χ2v) is 15.0. The van der Waals surface area contributed by atoms with E-state index >= 15 is 0 Å². The number of hydrogen-bond donors (Lipinski definition) is 10. The standard InChI is InChI=1S/C39H59N9O11/c1-20(2)17-26(37(56)48-33(22(5)6)38(57)47-32(21(3)4)34(41)53)46-36(55)25(13-14-28(40)49)44-30(51)16-15-29(50)43-23(7)35(54)42-19-31(52)45-27(39(58)59)18-24-11-9-8-10-12-24/h8-12,15-16,20-23,25-27,32-33H,13-14,17-19H2,1-7H3,(H2,40,49)(H2,41,53)(H,42,54)(H,43,50)(H,44,51)(H,45,52)(H,46,55)(H,47,57)(H,48,56)(H,58,59). The number of amides is 9. The van der Waals surface area contributed by atoms with Crippen molar-refractivity contribution >= 4 is 59.1 Å². The van der Waals surface area contributed by atoms with Gasteiger partial charge in [-0.1, -0.05) is 71.9 Å². The summed E-state index contributed by atoms with van der Waals surface area (Å²) >= 11 is 0. The van der Waals surface area contributed by atoms with E-state index in [2.05, 4.69) is 37.2 Å². The molecule has 1 aromatic rings. The lowest BCUT2D eigenvalue weighted by Gasteiger charge is -2.29. The molecule has 0 saturated heterocycles. The average Bonchev–Trinajstić information content (AvgIpc) is 3.14. The molecule has 6 atom stereocenters. The zero-order valence-corrected chi connectivity index (χ0v) is 34.5. The molecule has 0 radical (unpaired) electrons.